The minimum Gasteiger partial charge on any atom is -0.481 e. The zero-order valence-electron chi connectivity index (χ0n) is 23.6. The summed E-state index contributed by atoms with van der Waals surface area (Å²) in [5, 5.41) is 27.0. The Morgan fingerprint density at radius 2 is 0.811 bits per heavy atom. The van der Waals surface area contributed by atoms with Gasteiger partial charge in [0, 0.05) is 19.3 Å². The molecule has 7 nitrogen and oxygen atoms in total. The average Bonchev–Trinajstić information content (AvgIpc) is 2.84. The van der Waals surface area contributed by atoms with Crippen LogP contribution < -0.4 is 0 Å². The largest absolute Gasteiger partial charge is 0.481 e. The molecule has 0 aromatic carbocycles. The Morgan fingerprint density at radius 1 is 0.486 bits per heavy atom. The van der Waals surface area contributed by atoms with Crippen LogP contribution in [0, 0.1) is 0 Å². The van der Waals surface area contributed by atoms with Crippen molar-refractivity contribution in [3.8, 4) is 0 Å². The van der Waals surface area contributed by atoms with Gasteiger partial charge in [0.25, 0.3) is 0 Å². The predicted molar refractivity (Wildman–Crippen MR) is 150 cm³/mol. The van der Waals surface area contributed by atoms with Crippen LogP contribution in [0.25, 0.3) is 0 Å². The first-order chi connectivity index (χ1) is 17.8. The van der Waals surface area contributed by atoms with E-state index < -0.39 is 17.9 Å². The molecule has 216 valence electrons. The van der Waals surface area contributed by atoms with Gasteiger partial charge in [0.05, 0.1) is 26.2 Å². The molecule has 7 heteroatoms. The smallest absolute Gasteiger partial charge is 0.303 e. The lowest BCUT2D eigenvalue weighted by Gasteiger charge is -2.39. The zero-order chi connectivity index (χ0) is 27.6. The van der Waals surface area contributed by atoms with E-state index in [-0.39, 0.29) is 19.3 Å². The number of unbranched alkanes of at least 4 members (excludes halogenated alkanes) is 12. The molecule has 0 rings (SSSR count). The predicted octanol–water partition coefficient (Wildman–Crippen LogP) is 7.44. The van der Waals surface area contributed by atoms with Crippen molar-refractivity contribution in [1.29, 1.82) is 0 Å². The molecule has 0 aliphatic rings. The molecule has 0 aliphatic carbocycles. The van der Waals surface area contributed by atoms with Gasteiger partial charge in [0.1, 0.15) is 0 Å². The van der Waals surface area contributed by atoms with E-state index in [1.807, 2.05) is 0 Å². The minimum absolute atomic E-state index is 0.172. The lowest BCUT2D eigenvalue weighted by molar-refractivity contribution is -0.929. The Labute approximate surface area is 225 Å². The number of aliphatic carboxylic acids is 3. The summed E-state index contributed by atoms with van der Waals surface area (Å²) in [5.74, 6) is -2.31. The third kappa shape index (κ3) is 24.2. The van der Waals surface area contributed by atoms with Crippen molar-refractivity contribution in [2.75, 3.05) is 26.2 Å². The highest BCUT2D eigenvalue weighted by Crippen LogP contribution is 2.19. The summed E-state index contributed by atoms with van der Waals surface area (Å²) < 4.78 is 0.861. The van der Waals surface area contributed by atoms with Crippen molar-refractivity contribution < 1.29 is 34.2 Å². The molecule has 0 aromatic heterocycles. The number of carboxylic acids is 3. The Balaban J connectivity index is 4.63. The van der Waals surface area contributed by atoms with Crippen LogP contribution in [0.1, 0.15) is 135 Å². The lowest BCUT2D eigenvalue weighted by atomic mass is 10.1. The van der Waals surface area contributed by atoms with Crippen LogP contribution in [0.5, 0.6) is 0 Å². The van der Waals surface area contributed by atoms with E-state index in [1.54, 1.807) is 0 Å². The van der Waals surface area contributed by atoms with Crippen LogP contribution in [0.2, 0.25) is 0 Å². The molecule has 0 aromatic rings. The molecule has 0 aliphatic heterocycles. The van der Waals surface area contributed by atoms with Crippen LogP contribution in [-0.4, -0.2) is 63.9 Å². The van der Waals surface area contributed by atoms with Crippen molar-refractivity contribution in [2.24, 2.45) is 0 Å². The van der Waals surface area contributed by atoms with Crippen molar-refractivity contribution in [2.45, 2.75) is 135 Å². The number of hydrogen-bond donors (Lipinski definition) is 3. The van der Waals surface area contributed by atoms with E-state index in [1.165, 1.54) is 57.8 Å². The molecule has 0 atom stereocenters. The Morgan fingerprint density at radius 3 is 1.19 bits per heavy atom. The summed E-state index contributed by atoms with van der Waals surface area (Å²) in [6.45, 7) is 5.90. The van der Waals surface area contributed by atoms with Gasteiger partial charge in [-0.25, -0.2) is 0 Å². The van der Waals surface area contributed by atoms with Gasteiger partial charge in [-0.3, -0.25) is 14.4 Å². The molecule has 0 fully saturated rings. The van der Waals surface area contributed by atoms with Crippen LogP contribution in [-0.2, 0) is 14.4 Å². The van der Waals surface area contributed by atoms with Gasteiger partial charge in [0.2, 0.25) is 0 Å². The number of rotatable bonds is 28. The van der Waals surface area contributed by atoms with E-state index in [4.69, 9.17) is 15.3 Å². The first-order valence-electron chi connectivity index (χ1n) is 15.0. The van der Waals surface area contributed by atoms with Crippen LogP contribution in [0.4, 0.5) is 0 Å². The molecule has 3 N–H and O–H groups in total. The Kier molecular flexibility index (Phi) is 23.2. The second kappa shape index (κ2) is 24.4. The first-order valence-corrected chi connectivity index (χ1v) is 15.0. The van der Waals surface area contributed by atoms with E-state index in [0.717, 1.165) is 62.8 Å². The molecule has 0 spiro atoms. The number of carboxylic acid groups (broad SMARTS) is 3. The third-order valence-corrected chi connectivity index (χ3v) is 7.21. The molecule has 0 amide bonds. The summed E-state index contributed by atoms with van der Waals surface area (Å²) >= 11 is 0. The molecule has 0 radical (unpaired) electrons. The van der Waals surface area contributed by atoms with Crippen molar-refractivity contribution in [1.82, 2.24) is 0 Å². The maximum atomic E-state index is 11.0. The minimum atomic E-state index is -0.771. The van der Waals surface area contributed by atoms with Gasteiger partial charge in [-0.1, -0.05) is 51.2 Å². The monoisotopic (exact) mass is 526 g/mol. The number of quaternary nitrogens is 1. The van der Waals surface area contributed by atoms with Crippen molar-refractivity contribution in [3.05, 3.63) is 12.2 Å². The average molecular weight is 527 g/mol. The van der Waals surface area contributed by atoms with E-state index in [9.17, 15) is 14.4 Å². The van der Waals surface area contributed by atoms with Crippen molar-refractivity contribution >= 4 is 17.9 Å². The second-order valence-electron chi connectivity index (χ2n) is 10.7. The number of hydrogen-bond acceptors (Lipinski definition) is 3. The number of allylic oxidation sites excluding steroid dienone is 2. The standard InChI is InChI=1S/C30H55NO6/c1-2-3-4-5-6-7-8-9-10-11-12-13-17-24-31(25-18-14-21-28(32)33,26-19-15-22-29(34)35)27-20-16-23-30(36)37/h7-8H,2-6,9-27H2,1H3,(H2-,32,33,34,35,36,37)/p+1/b8-7+. The molecule has 0 saturated carbocycles. The van der Waals surface area contributed by atoms with E-state index in [0.29, 0.717) is 19.3 Å². The Hall–Kier alpha value is -1.89. The topological polar surface area (TPSA) is 112 Å². The highest BCUT2D eigenvalue weighted by molar-refractivity contribution is 5.67. The van der Waals surface area contributed by atoms with Crippen LogP contribution in [0.3, 0.4) is 0 Å². The molecule has 0 unspecified atom stereocenters. The third-order valence-electron chi connectivity index (χ3n) is 7.21. The molecule has 37 heavy (non-hydrogen) atoms. The van der Waals surface area contributed by atoms with Gasteiger partial charge in [-0.05, 0) is 77.0 Å². The van der Waals surface area contributed by atoms with E-state index in [2.05, 4.69) is 19.1 Å². The van der Waals surface area contributed by atoms with E-state index >= 15 is 0 Å². The molecule has 0 saturated heterocycles. The van der Waals surface area contributed by atoms with Gasteiger partial charge in [-0.15, -0.1) is 0 Å². The zero-order valence-corrected chi connectivity index (χ0v) is 23.6. The highest BCUT2D eigenvalue weighted by Gasteiger charge is 2.26. The fourth-order valence-electron chi connectivity index (χ4n) is 5.01. The summed E-state index contributed by atoms with van der Waals surface area (Å²) in [5.41, 5.74) is 0. The SMILES string of the molecule is CCCCCC/C=C/CCCCCCC[N+](CCCCC(=O)O)(CCCCC(=O)O)CCCCC(=O)O. The number of nitrogens with zero attached hydrogens (tertiary/aromatic N) is 1. The Bertz CT molecular complexity index is 564. The van der Waals surface area contributed by atoms with Crippen molar-refractivity contribution in [3.63, 3.8) is 0 Å². The summed E-state index contributed by atoms with van der Waals surface area (Å²) in [7, 11) is 0. The van der Waals surface area contributed by atoms with Crippen LogP contribution >= 0.6 is 0 Å². The maximum Gasteiger partial charge on any atom is 0.303 e. The second-order valence-corrected chi connectivity index (χ2v) is 10.7. The fourth-order valence-corrected chi connectivity index (χ4v) is 5.01. The lowest BCUT2D eigenvalue weighted by Crippen LogP contribution is -2.51. The highest BCUT2D eigenvalue weighted by atomic mass is 16.4. The molecular formula is C30H56NO6+. The molecule has 0 bridgehead atoms. The van der Waals surface area contributed by atoms with Gasteiger partial charge < -0.3 is 19.8 Å². The summed E-state index contributed by atoms with van der Waals surface area (Å²) in [6, 6.07) is 0. The summed E-state index contributed by atoms with van der Waals surface area (Å²) in [4.78, 5) is 32.9. The number of carbonyl (C=O) groups is 3. The van der Waals surface area contributed by atoms with Crippen LogP contribution in [0.15, 0.2) is 12.2 Å². The fraction of sp³-hybridized carbons (Fsp3) is 0.833. The van der Waals surface area contributed by atoms with Gasteiger partial charge in [-0.2, -0.15) is 0 Å². The molecular weight excluding hydrogens is 470 g/mol. The van der Waals surface area contributed by atoms with Gasteiger partial charge >= 0.3 is 17.9 Å². The first kappa shape index (κ1) is 35.1. The molecule has 0 heterocycles. The maximum absolute atomic E-state index is 11.0. The summed E-state index contributed by atoms with van der Waals surface area (Å²) in [6.07, 6.45) is 23.1. The van der Waals surface area contributed by atoms with Gasteiger partial charge in [0.15, 0.2) is 0 Å². The quantitative estimate of drug-likeness (QED) is 0.0555. The normalized spacial score (nSPS) is 11.8.